The number of ether oxygens (including phenoxy) is 2. The molecule has 1 saturated heterocycles. The Morgan fingerprint density at radius 3 is 2.74 bits per heavy atom. The number of benzene rings is 2. The Bertz CT molecular complexity index is 1150. The van der Waals surface area contributed by atoms with Gasteiger partial charge in [0.1, 0.15) is 10.8 Å². The summed E-state index contributed by atoms with van der Waals surface area (Å²) >= 11 is 1.16. The van der Waals surface area contributed by atoms with Gasteiger partial charge in [0.05, 0.1) is 6.04 Å². The maximum absolute atomic E-state index is 13.2. The first kappa shape index (κ1) is 19.4. The highest BCUT2D eigenvalue weighted by atomic mass is 32.1. The molecule has 1 N–H and O–H groups in total. The van der Waals surface area contributed by atoms with Crippen LogP contribution in [0.2, 0.25) is 0 Å². The van der Waals surface area contributed by atoms with Crippen LogP contribution >= 0.6 is 11.3 Å². The molecule has 158 valence electrons. The van der Waals surface area contributed by atoms with Crippen molar-refractivity contribution < 1.29 is 23.5 Å². The Morgan fingerprint density at radius 1 is 1.10 bits per heavy atom. The van der Waals surface area contributed by atoms with Crippen molar-refractivity contribution in [3.63, 3.8) is 0 Å². The number of amides is 2. The van der Waals surface area contributed by atoms with E-state index in [9.17, 15) is 14.0 Å². The SMILES string of the molecule is O=C(Nc1ccc2c(c1)OCO2)c1nnc(C2CCCN2C(=O)c2ccc(F)cc2)s1. The fourth-order valence-electron chi connectivity index (χ4n) is 3.64. The lowest BCUT2D eigenvalue weighted by atomic mass is 10.1. The van der Waals surface area contributed by atoms with Gasteiger partial charge in [-0.05, 0) is 49.2 Å². The van der Waals surface area contributed by atoms with Crippen molar-refractivity contribution in [3.05, 3.63) is 63.9 Å². The molecule has 2 aromatic carbocycles. The number of nitrogens with one attached hydrogen (secondary N) is 1. The molecular formula is C21H17FN4O4S. The molecule has 1 aromatic heterocycles. The second-order valence-corrected chi connectivity index (χ2v) is 8.14. The summed E-state index contributed by atoms with van der Waals surface area (Å²) in [5.74, 6) is 0.220. The third-order valence-electron chi connectivity index (χ3n) is 5.16. The van der Waals surface area contributed by atoms with Gasteiger partial charge < -0.3 is 19.7 Å². The summed E-state index contributed by atoms with van der Waals surface area (Å²) in [5.41, 5.74) is 0.971. The maximum Gasteiger partial charge on any atom is 0.286 e. The van der Waals surface area contributed by atoms with Gasteiger partial charge in [-0.1, -0.05) is 11.3 Å². The van der Waals surface area contributed by atoms with Gasteiger partial charge in [-0.3, -0.25) is 9.59 Å². The molecule has 2 amide bonds. The molecule has 0 bridgehead atoms. The molecule has 0 spiro atoms. The summed E-state index contributed by atoms with van der Waals surface area (Å²) in [7, 11) is 0. The van der Waals surface area contributed by atoms with Gasteiger partial charge in [0.15, 0.2) is 11.5 Å². The van der Waals surface area contributed by atoms with Crippen LogP contribution < -0.4 is 14.8 Å². The molecule has 5 rings (SSSR count). The summed E-state index contributed by atoms with van der Waals surface area (Å²) in [6.07, 6.45) is 1.54. The smallest absolute Gasteiger partial charge is 0.286 e. The minimum absolute atomic E-state index is 0.154. The Hall–Kier alpha value is -3.53. The molecular weight excluding hydrogens is 423 g/mol. The Kier molecular flexibility index (Phi) is 4.99. The summed E-state index contributed by atoms with van der Waals surface area (Å²) in [5, 5.41) is 11.8. The van der Waals surface area contributed by atoms with Crippen LogP contribution in [0.1, 0.15) is 44.1 Å². The van der Waals surface area contributed by atoms with Crippen LogP contribution in [-0.2, 0) is 0 Å². The fourth-order valence-corrected chi connectivity index (χ4v) is 4.53. The predicted octanol–water partition coefficient (Wildman–Crippen LogP) is 3.64. The number of hydrogen-bond donors (Lipinski definition) is 1. The predicted molar refractivity (Wildman–Crippen MR) is 110 cm³/mol. The minimum Gasteiger partial charge on any atom is -0.454 e. The van der Waals surface area contributed by atoms with Gasteiger partial charge >= 0.3 is 0 Å². The van der Waals surface area contributed by atoms with Gasteiger partial charge in [0.25, 0.3) is 11.8 Å². The van der Waals surface area contributed by atoms with Gasteiger partial charge in [0.2, 0.25) is 11.8 Å². The monoisotopic (exact) mass is 440 g/mol. The highest BCUT2D eigenvalue weighted by Gasteiger charge is 2.33. The van der Waals surface area contributed by atoms with Gasteiger partial charge in [-0.25, -0.2) is 4.39 Å². The zero-order chi connectivity index (χ0) is 21.4. The van der Waals surface area contributed by atoms with Crippen LogP contribution in [0.15, 0.2) is 42.5 Å². The highest BCUT2D eigenvalue weighted by molar-refractivity contribution is 7.13. The van der Waals surface area contributed by atoms with Crippen molar-refractivity contribution in [2.45, 2.75) is 18.9 Å². The molecule has 0 aliphatic carbocycles. The summed E-state index contributed by atoms with van der Waals surface area (Å²) in [6.45, 7) is 0.722. The fraction of sp³-hybridized carbons (Fsp3) is 0.238. The second-order valence-electron chi connectivity index (χ2n) is 7.13. The van der Waals surface area contributed by atoms with Crippen molar-refractivity contribution in [1.82, 2.24) is 15.1 Å². The number of hydrogen-bond acceptors (Lipinski definition) is 7. The summed E-state index contributed by atoms with van der Waals surface area (Å²) < 4.78 is 23.8. The van der Waals surface area contributed by atoms with E-state index in [1.807, 2.05) is 0 Å². The maximum atomic E-state index is 13.2. The average molecular weight is 440 g/mol. The number of likely N-dealkylation sites (tertiary alicyclic amines) is 1. The summed E-state index contributed by atoms with van der Waals surface area (Å²) in [6, 6.07) is 10.3. The van der Waals surface area contributed by atoms with Crippen LogP contribution in [0.3, 0.4) is 0 Å². The Labute approximate surface area is 180 Å². The number of aromatic nitrogens is 2. The average Bonchev–Trinajstić information content (AvgIpc) is 3.53. The van der Waals surface area contributed by atoms with E-state index in [0.29, 0.717) is 34.3 Å². The molecule has 10 heteroatoms. The van der Waals surface area contributed by atoms with Crippen molar-refractivity contribution in [2.24, 2.45) is 0 Å². The number of halogens is 1. The van der Waals surface area contributed by atoms with Gasteiger partial charge in [-0.2, -0.15) is 0 Å². The van der Waals surface area contributed by atoms with Crippen molar-refractivity contribution in [2.75, 3.05) is 18.7 Å². The van der Waals surface area contributed by atoms with E-state index in [1.54, 1.807) is 23.1 Å². The molecule has 1 fully saturated rings. The zero-order valence-corrected chi connectivity index (χ0v) is 17.0. The first-order chi connectivity index (χ1) is 15.1. The molecule has 3 aromatic rings. The van der Waals surface area contributed by atoms with Crippen LogP contribution in [0.25, 0.3) is 0 Å². The van der Waals surface area contributed by atoms with E-state index >= 15 is 0 Å². The van der Waals surface area contributed by atoms with E-state index < -0.39 is 11.7 Å². The zero-order valence-electron chi connectivity index (χ0n) is 16.2. The number of anilines is 1. The van der Waals surface area contributed by atoms with Crippen molar-refractivity contribution in [1.29, 1.82) is 0 Å². The number of carbonyl (C=O) groups excluding carboxylic acids is 2. The van der Waals surface area contributed by atoms with Crippen LogP contribution in [0.4, 0.5) is 10.1 Å². The summed E-state index contributed by atoms with van der Waals surface area (Å²) in [4.78, 5) is 27.2. The molecule has 31 heavy (non-hydrogen) atoms. The molecule has 0 saturated carbocycles. The van der Waals surface area contributed by atoms with Crippen LogP contribution in [0, 0.1) is 5.82 Å². The van der Waals surface area contributed by atoms with E-state index in [-0.39, 0.29) is 23.7 Å². The standard InChI is InChI=1S/C21H17FN4O4S/c22-13-5-3-12(4-6-13)21(28)26-9-1-2-15(26)19-24-25-20(31-19)18(27)23-14-7-8-16-17(10-14)30-11-29-16/h3-8,10,15H,1-2,9,11H2,(H,23,27). The number of nitrogens with zero attached hydrogens (tertiary/aromatic N) is 3. The first-order valence-corrected chi connectivity index (χ1v) is 10.5. The lowest BCUT2D eigenvalue weighted by Gasteiger charge is -2.22. The number of rotatable bonds is 4. The highest BCUT2D eigenvalue weighted by Crippen LogP contribution is 2.36. The molecule has 0 radical (unpaired) electrons. The van der Waals surface area contributed by atoms with Gasteiger partial charge in [-0.15, -0.1) is 10.2 Å². The number of carbonyl (C=O) groups is 2. The van der Waals surface area contributed by atoms with Crippen LogP contribution in [0.5, 0.6) is 11.5 Å². The van der Waals surface area contributed by atoms with Gasteiger partial charge in [0, 0.05) is 23.9 Å². The topological polar surface area (TPSA) is 93.7 Å². The van der Waals surface area contributed by atoms with Crippen molar-refractivity contribution in [3.8, 4) is 11.5 Å². The lowest BCUT2D eigenvalue weighted by molar-refractivity contribution is 0.0734. The second kappa shape index (κ2) is 7.95. The lowest BCUT2D eigenvalue weighted by Crippen LogP contribution is -2.30. The van der Waals surface area contributed by atoms with Crippen LogP contribution in [-0.4, -0.2) is 40.2 Å². The minimum atomic E-state index is -0.392. The molecule has 1 unspecified atom stereocenters. The molecule has 3 heterocycles. The van der Waals surface area contributed by atoms with E-state index in [4.69, 9.17) is 9.47 Å². The van der Waals surface area contributed by atoms with E-state index in [1.165, 1.54) is 24.3 Å². The third-order valence-corrected chi connectivity index (χ3v) is 6.18. The Morgan fingerprint density at radius 2 is 1.90 bits per heavy atom. The molecule has 1 atom stereocenters. The van der Waals surface area contributed by atoms with E-state index in [2.05, 4.69) is 15.5 Å². The number of fused-ring (bicyclic) bond motifs is 1. The molecule has 8 nitrogen and oxygen atoms in total. The largest absolute Gasteiger partial charge is 0.454 e. The molecule has 2 aliphatic heterocycles. The molecule has 2 aliphatic rings. The van der Waals surface area contributed by atoms with Crippen molar-refractivity contribution >= 4 is 28.8 Å². The first-order valence-electron chi connectivity index (χ1n) is 9.69. The normalized spacial score (nSPS) is 17.1. The quantitative estimate of drug-likeness (QED) is 0.666. The third kappa shape index (κ3) is 3.81. The Balaban J connectivity index is 1.30. The van der Waals surface area contributed by atoms with E-state index in [0.717, 1.165) is 24.2 Å².